The van der Waals surface area contributed by atoms with Crippen LogP contribution in [0, 0.1) is 5.92 Å². The molecule has 1 unspecified atom stereocenters. The molecule has 0 bridgehead atoms. The highest BCUT2D eigenvalue weighted by Crippen LogP contribution is 2.20. The highest BCUT2D eigenvalue weighted by Gasteiger charge is 2.27. The maximum absolute atomic E-state index is 12.5. The van der Waals surface area contributed by atoms with Crippen molar-refractivity contribution >= 4 is 11.7 Å². The van der Waals surface area contributed by atoms with Gasteiger partial charge in [-0.05, 0) is 32.1 Å². The largest absolute Gasteiger partial charge is 1.00 e. The highest BCUT2D eigenvalue weighted by atomic mass is 35.5. The van der Waals surface area contributed by atoms with Gasteiger partial charge >= 0.3 is 0 Å². The van der Waals surface area contributed by atoms with E-state index in [2.05, 4.69) is 73.0 Å². The topological polar surface area (TPSA) is 46.2 Å². The average molecular weight is 457 g/mol. The first-order chi connectivity index (χ1) is 15.1. The number of amides is 1. The first-order valence-corrected chi connectivity index (χ1v) is 11.8. The monoisotopic (exact) mass is 456 g/mol. The number of Topliss-reactive ketones (excluding diaryl/α,β-unsaturated/α-hetero) is 1. The second-order valence-electron chi connectivity index (χ2n) is 9.25. The third-order valence-corrected chi connectivity index (χ3v) is 6.36. The molecule has 0 aliphatic carbocycles. The van der Waals surface area contributed by atoms with Crippen molar-refractivity contribution in [3.8, 4) is 0 Å². The predicted molar refractivity (Wildman–Crippen MR) is 125 cm³/mol. The van der Waals surface area contributed by atoms with Crippen molar-refractivity contribution in [2.24, 2.45) is 5.92 Å². The zero-order valence-electron chi connectivity index (χ0n) is 19.3. The second kappa shape index (κ2) is 13.4. The molecule has 1 heterocycles. The minimum absolute atomic E-state index is 0. The first-order valence-electron chi connectivity index (χ1n) is 11.8. The molecule has 1 N–H and O–H groups in total. The van der Waals surface area contributed by atoms with E-state index in [0.717, 1.165) is 56.2 Å². The molecule has 1 amide bonds. The fourth-order valence-corrected chi connectivity index (χ4v) is 4.65. The number of quaternary nitrogens is 1. The van der Waals surface area contributed by atoms with Crippen LogP contribution in [0.2, 0.25) is 0 Å². The van der Waals surface area contributed by atoms with Crippen molar-refractivity contribution in [1.82, 2.24) is 5.32 Å². The van der Waals surface area contributed by atoms with Crippen LogP contribution in [0.1, 0.15) is 56.1 Å². The Morgan fingerprint density at radius 2 is 1.50 bits per heavy atom. The lowest BCUT2D eigenvalue weighted by Gasteiger charge is -2.35. The van der Waals surface area contributed by atoms with Gasteiger partial charge in [-0.3, -0.25) is 9.59 Å². The van der Waals surface area contributed by atoms with E-state index in [1.165, 1.54) is 11.1 Å². The Hall–Kier alpha value is -2.17. The van der Waals surface area contributed by atoms with Gasteiger partial charge in [0, 0.05) is 24.1 Å². The molecule has 4 nitrogen and oxygen atoms in total. The summed E-state index contributed by atoms with van der Waals surface area (Å²) in [6, 6.07) is 21.4. The van der Waals surface area contributed by atoms with E-state index < -0.39 is 5.92 Å². The highest BCUT2D eigenvalue weighted by molar-refractivity contribution is 6.01. The smallest absolute Gasteiger partial charge is 0.230 e. The molecule has 1 aliphatic rings. The van der Waals surface area contributed by atoms with Gasteiger partial charge in [-0.25, -0.2) is 0 Å². The van der Waals surface area contributed by atoms with Crippen molar-refractivity contribution < 1.29 is 26.5 Å². The summed E-state index contributed by atoms with van der Waals surface area (Å²) in [6.45, 7) is 3.78. The lowest BCUT2D eigenvalue weighted by atomic mass is 9.94. The Balaban J connectivity index is 0.00000363. The maximum atomic E-state index is 12.5. The summed E-state index contributed by atoms with van der Waals surface area (Å²) in [4.78, 5) is 24.6. The fraction of sp³-hybridized carbons (Fsp3) is 0.481. The molecule has 1 aliphatic heterocycles. The van der Waals surface area contributed by atoms with E-state index in [1.54, 1.807) is 0 Å². The number of rotatable bonds is 11. The van der Waals surface area contributed by atoms with Crippen LogP contribution in [0.25, 0.3) is 0 Å². The molecule has 0 spiro atoms. The Bertz CT molecular complexity index is 785. The van der Waals surface area contributed by atoms with Crippen LogP contribution in [-0.4, -0.2) is 36.3 Å². The van der Waals surface area contributed by atoms with Crippen LogP contribution in [0.5, 0.6) is 0 Å². The minimum Gasteiger partial charge on any atom is -1.00 e. The number of carbonyl (C=O) groups excluding carboxylic acids is 2. The zero-order chi connectivity index (χ0) is 21.9. The van der Waals surface area contributed by atoms with Crippen LogP contribution in [0.3, 0.4) is 0 Å². The lowest BCUT2D eigenvalue weighted by Crippen LogP contribution is -3.00. The first kappa shape index (κ1) is 26.1. The van der Waals surface area contributed by atoms with Crippen LogP contribution in [-0.2, 0) is 22.7 Å². The molecule has 2 aromatic rings. The minimum atomic E-state index is -0.417. The van der Waals surface area contributed by atoms with Crippen molar-refractivity contribution in [3.05, 3.63) is 71.8 Å². The fourth-order valence-electron chi connectivity index (χ4n) is 4.65. The predicted octanol–water partition coefficient (Wildman–Crippen LogP) is 1.88. The van der Waals surface area contributed by atoms with Gasteiger partial charge in [-0.15, -0.1) is 0 Å². The van der Waals surface area contributed by atoms with Crippen LogP contribution >= 0.6 is 0 Å². The number of benzene rings is 2. The molecule has 32 heavy (non-hydrogen) atoms. The number of ketones is 1. The summed E-state index contributed by atoms with van der Waals surface area (Å²) in [6.07, 6.45) is 6.17. The lowest BCUT2D eigenvalue weighted by molar-refractivity contribution is -0.935. The Kier molecular flexibility index (Phi) is 10.9. The number of hydrogen-bond acceptors (Lipinski definition) is 2. The summed E-state index contributed by atoms with van der Waals surface area (Å²) in [5.74, 6) is -0.345. The van der Waals surface area contributed by atoms with E-state index in [0.29, 0.717) is 19.4 Å². The molecule has 0 radical (unpaired) electrons. The van der Waals surface area contributed by atoms with Gasteiger partial charge in [0.25, 0.3) is 0 Å². The van der Waals surface area contributed by atoms with Gasteiger partial charge in [-0.2, -0.15) is 0 Å². The Labute approximate surface area is 199 Å². The van der Waals surface area contributed by atoms with Crippen molar-refractivity contribution in [1.29, 1.82) is 0 Å². The SMILES string of the molecule is C[N+](CCCCCC(=O)C1CCCCNC1=O)(Cc1ccccc1)Cc1ccccc1.[Cl-]. The third-order valence-electron chi connectivity index (χ3n) is 6.36. The van der Waals surface area contributed by atoms with Crippen LogP contribution < -0.4 is 17.7 Å². The van der Waals surface area contributed by atoms with Gasteiger partial charge in [-0.1, -0.05) is 67.1 Å². The zero-order valence-corrected chi connectivity index (χ0v) is 20.0. The van der Waals surface area contributed by atoms with Crippen molar-refractivity contribution in [2.45, 2.75) is 58.0 Å². The summed E-state index contributed by atoms with van der Waals surface area (Å²) in [5, 5.41) is 2.88. The van der Waals surface area contributed by atoms with E-state index in [4.69, 9.17) is 0 Å². The number of carbonyl (C=O) groups is 2. The van der Waals surface area contributed by atoms with E-state index in [1.807, 2.05) is 0 Å². The number of nitrogens with zero attached hydrogens (tertiary/aromatic N) is 1. The molecule has 1 saturated heterocycles. The third kappa shape index (κ3) is 8.40. The van der Waals surface area contributed by atoms with Gasteiger partial charge < -0.3 is 22.2 Å². The normalized spacial score (nSPS) is 16.5. The number of halogens is 1. The van der Waals surface area contributed by atoms with E-state index >= 15 is 0 Å². The molecule has 0 saturated carbocycles. The quantitative estimate of drug-likeness (QED) is 0.319. The van der Waals surface area contributed by atoms with Crippen molar-refractivity contribution in [3.63, 3.8) is 0 Å². The summed E-state index contributed by atoms with van der Waals surface area (Å²) < 4.78 is 0.951. The van der Waals surface area contributed by atoms with Gasteiger partial charge in [0.05, 0.1) is 19.5 Å². The summed E-state index contributed by atoms with van der Waals surface area (Å²) in [7, 11) is 2.33. The van der Waals surface area contributed by atoms with Gasteiger partial charge in [0.1, 0.15) is 18.9 Å². The number of unbranched alkanes of at least 4 members (excludes halogenated alkanes) is 2. The molecule has 1 fully saturated rings. The Morgan fingerprint density at radius 1 is 0.906 bits per heavy atom. The summed E-state index contributed by atoms with van der Waals surface area (Å²) >= 11 is 0. The standard InChI is InChI=1S/C27H36N2O2.ClH/c1-29(21-23-13-5-2-6-14-23,22-24-15-7-3-8-16-24)20-12-4-9-18-26(30)25-17-10-11-19-28-27(25)31;/h2-3,5-8,13-16,25H,4,9-12,17-22H2,1H3;1H. The average Bonchev–Trinajstić information content (AvgIpc) is 2.99. The van der Waals surface area contributed by atoms with Crippen molar-refractivity contribution in [2.75, 3.05) is 20.1 Å². The second-order valence-corrected chi connectivity index (χ2v) is 9.25. The van der Waals surface area contributed by atoms with E-state index in [9.17, 15) is 9.59 Å². The van der Waals surface area contributed by atoms with Crippen LogP contribution in [0.4, 0.5) is 0 Å². The van der Waals surface area contributed by atoms with E-state index in [-0.39, 0.29) is 24.1 Å². The molecule has 174 valence electrons. The molecule has 2 aromatic carbocycles. The van der Waals surface area contributed by atoms with Gasteiger partial charge in [0.2, 0.25) is 5.91 Å². The number of nitrogens with one attached hydrogen (secondary N) is 1. The maximum Gasteiger partial charge on any atom is 0.230 e. The molecule has 5 heteroatoms. The number of hydrogen-bond donors (Lipinski definition) is 1. The Morgan fingerprint density at radius 3 is 2.09 bits per heavy atom. The summed E-state index contributed by atoms with van der Waals surface area (Å²) in [5.41, 5.74) is 2.71. The molecule has 3 rings (SSSR count). The molecule has 0 aromatic heterocycles. The molecule has 1 atom stereocenters. The van der Waals surface area contributed by atoms with Gasteiger partial charge in [0.15, 0.2) is 0 Å². The molecular formula is C27H37ClN2O2. The molecular weight excluding hydrogens is 420 g/mol. The van der Waals surface area contributed by atoms with Crippen LogP contribution in [0.15, 0.2) is 60.7 Å².